The van der Waals surface area contributed by atoms with Crippen molar-refractivity contribution in [3.05, 3.63) is 48.2 Å². The van der Waals surface area contributed by atoms with E-state index in [-0.39, 0.29) is 5.56 Å². The maximum absolute atomic E-state index is 10.9. The summed E-state index contributed by atoms with van der Waals surface area (Å²) in [4.78, 5) is 17.0. The van der Waals surface area contributed by atoms with Crippen molar-refractivity contribution in [2.24, 2.45) is 0 Å². The lowest BCUT2D eigenvalue weighted by Crippen LogP contribution is -2.19. The van der Waals surface area contributed by atoms with Gasteiger partial charge in [-0.25, -0.2) is 9.78 Å². The molecule has 0 aliphatic heterocycles. The Morgan fingerprint density at radius 2 is 2.05 bits per heavy atom. The molecule has 0 saturated heterocycles. The Hall–Kier alpha value is -2.56. The van der Waals surface area contributed by atoms with E-state index in [0.717, 1.165) is 5.69 Å². The number of nitrogen functional groups attached to an aromatic ring is 1. The molecule has 98 valence electrons. The zero-order valence-electron chi connectivity index (χ0n) is 10.6. The molecule has 0 aliphatic carbocycles. The summed E-state index contributed by atoms with van der Waals surface area (Å²) < 4.78 is 0. The number of anilines is 3. The van der Waals surface area contributed by atoms with Crippen molar-refractivity contribution >= 4 is 23.2 Å². The van der Waals surface area contributed by atoms with E-state index < -0.39 is 5.97 Å². The van der Waals surface area contributed by atoms with Crippen molar-refractivity contribution in [3.8, 4) is 0 Å². The Labute approximate surface area is 111 Å². The van der Waals surface area contributed by atoms with Crippen LogP contribution in [0.25, 0.3) is 0 Å². The van der Waals surface area contributed by atoms with Gasteiger partial charge < -0.3 is 15.7 Å². The molecule has 1 aromatic carbocycles. The first kappa shape index (κ1) is 12.9. The minimum absolute atomic E-state index is 0.0883. The third-order valence-corrected chi connectivity index (χ3v) is 2.78. The van der Waals surface area contributed by atoms with Gasteiger partial charge in [-0.3, -0.25) is 0 Å². The van der Waals surface area contributed by atoms with Crippen LogP contribution in [0.4, 0.5) is 17.2 Å². The minimum atomic E-state index is -1.03. The summed E-state index contributed by atoms with van der Waals surface area (Å²) in [5.41, 5.74) is 7.31. The highest BCUT2D eigenvalue weighted by Crippen LogP contribution is 2.28. The number of hydrogen-bond donors (Lipinski definition) is 2. The van der Waals surface area contributed by atoms with Crippen LogP contribution in [0.15, 0.2) is 42.6 Å². The van der Waals surface area contributed by atoms with E-state index >= 15 is 0 Å². The molecule has 0 saturated carbocycles. The number of aromatic carboxylic acids is 1. The Bertz CT molecular complexity index is 584. The summed E-state index contributed by atoms with van der Waals surface area (Å²) in [5, 5.41) is 8.90. The van der Waals surface area contributed by atoms with E-state index in [9.17, 15) is 4.79 Å². The fourth-order valence-electron chi connectivity index (χ4n) is 1.88. The molecular weight excluding hydrogens is 242 g/mol. The third kappa shape index (κ3) is 2.65. The second-order valence-electron chi connectivity index (χ2n) is 4.02. The fourth-order valence-corrected chi connectivity index (χ4v) is 1.88. The molecule has 1 aromatic heterocycles. The van der Waals surface area contributed by atoms with E-state index in [1.165, 1.54) is 12.3 Å². The lowest BCUT2D eigenvalue weighted by Gasteiger charge is -2.23. The van der Waals surface area contributed by atoms with Gasteiger partial charge in [-0.1, -0.05) is 18.2 Å². The van der Waals surface area contributed by atoms with Crippen molar-refractivity contribution in [2.75, 3.05) is 17.2 Å². The van der Waals surface area contributed by atoms with E-state index in [2.05, 4.69) is 4.98 Å². The highest BCUT2D eigenvalue weighted by Gasteiger charge is 2.14. The molecule has 5 heteroatoms. The Morgan fingerprint density at radius 1 is 1.37 bits per heavy atom. The number of aromatic nitrogens is 1. The molecule has 1 heterocycles. The fraction of sp³-hybridized carbons (Fsp3) is 0.143. The summed E-state index contributed by atoms with van der Waals surface area (Å²) in [7, 11) is 0. The monoisotopic (exact) mass is 257 g/mol. The molecule has 2 aromatic rings. The van der Waals surface area contributed by atoms with Gasteiger partial charge in [0.2, 0.25) is 0 Å². The zero-order chi connectivity index (χ0) is 13.8. The molecule has 0 amide bonds. The van der Waals surface area contributed by atoms with Gasteiger partial charge in [0.25, 0.3) is 0 Å². The highest BCUT2D eigenvalue weighted by atomic mass is 16.4. The molecule has 19 heavy (non-hydrogen) atoms. The summed E-state index contributed by atoms with van der Waals surface area (Å²) in [6.07, 6.45) is 1.32. The van der Waals surface area contributed by atoms with Gasteiger partial charge in [0.15, 0.2) is 5.82 Å². The number of carboxylic acids is 1. The molecule has 5 nitrogen and oxygen atoms in total. The van der Waals surface area contributed by atoms with Crippen LogP contribution in [-0.2, 0) is 0 Å². The molecule has 0 fully saturated rings. The van der Waals surface area contributed by atoms with Gasteiger partial charge >= 0.3 is 5.97 Å². The largest absolute Gasteiger partial charge is 0.478 e. The first-order chi connectivity index (χ1) is 9.13. The third-order valence-electron chi connectivity index (χ3n) is 2.78. The number of benzene rings is 1. The molecule has 0 aliphatic rings. The quantitative estimate of drug-likeness (QED) is 0.879. The van der Waals surface area contributed by atoms with E-state index in [1.54, 1.807) is 0 Å². The van der Waals surface area contributed by atoms with Gasteiger partial charge in [-0.15, -0.1) is 0 Å². The van der Waals surface area contributed by atoms with Gasteiger partial charge in [-0.05, 0) is 25.1 Å². The van der Waals surface area contributed by atoms with E-state index in [1.807, 2.05) is 42.2 Å². The maximum atomic E-state index is 10.9. The van der Waals surface area contributed by atoms with E-state index in [0.29, 0.717) is 18.1 Å². The maximum Gasteiger partial charge on any atom is 0.337 e. The topological polar surface area (TPSA) is 79.5 Å². The molecule has 0 spiro atoms. The molecular formula is C14H15N3O2. The average Bonchev–Trinajstić information content (AvgIpc) is 2.42. The Morgan fingerprint density at radius 3 is 2.58 bits per heavy atom. The number of carbonyl (C=O) groups is 1. The number of carboxylic acid groups (broad SMARTS) is 1. The summed E-state index contributed by atoms with van der Waals surface area (Å²) in [6.45, 7) is 2.67. The van der Waals surface area contributed by atoms with Crippen molar-refractivity contribution in [3.63, 3.8) is 0 Å². The number of hydrogen-bond acceptors (Lipinski definition) is 4. The SMILES string of the molecule is CCN(c1ccccc1)c1ncc(C(=O)O)cc1N. The van der Waals surface area contributed by atoms with Crippen molar-refractivity contribution < 1.29 is 9.90 Å². The predicted molar refractivity (Wildman–Crippen MR) is 74.7 cm³/mol. The Balaban J connectivity index is 2.42. The standard InChI is InChI=1S/C14H15N3O2/c1-2-17(11-6-4-3-5-7-11)13-12(15)8-10(9-16-13)14(18)19/h3-9H,2,15H2,1H3,(H,18,19). The molecule has 3 N–H and O–H groups in total. The van der Waals surface area contributed by atoms with Crippen molar-refractivity contribution in [2.45, 2.75) is 6.92 Å². The van der Waals surface area contributed by atoms with E-state index in [4.69, 9.17) is 10.8 Å². The van der Waals surface area contributed by atoms with Crippen LogP contribution in [0.2, 0.25) is 0 Å². The summed E-state index contributed by atoms with van der Waals surface area (Å²) in [5.74, 6) is -0.466. The van der Waals surface area contributed by atoms with Gasteiger partial charge in [-0.2, -0.15) is 0 Å². The van der Waals surface area contributed by atoms with Crippen molar-refractivity contribution in [1.82, 2.24) is 4.98 Å². The van der Waals surface area contributed by atoms with Crippen LogP contribution in [0, 0.1) is 0 Å². The van der Waals surface area contributed by atoms with Gasteiger partial charge in [0, 0.05) is 18.4 Å². The molecule has 0 radical (unpaired) electrons. The van der Waals surface area contributed by atoms with Crippen LogP contribution in [0.1, 0.15) is 17.3 Å². The lowest BCUT2D eigenvalue weighted by atomic mass is 10.2. The minimum Gasteiger partial charge on any atom is -0.478 e. The second-order valence-corrected chi connectivity index (χ2v) is 4.02. The summed E-state index contributed by atoms with van der Waals surface area (Å²) in [6, 6.07) is 11.1. The molecule has 0 unspecified atom stereocenters. The smallest absolute Gasteiger partial charge is 0.337 e. The van der Waals surface area contributed by atoms with Crippen LogP contribution >= 0.6 is 0 Å². The number of nitrogens with zero attached hydrogens (tertiary/aromatic N) is 2. The predicted octanol–water partition coefficient (Wildman–Crippen LogP) is 2.52. The number of nitrogens with two attached hydrogens (primary N) is 1. The van der Waals surface area contributed by atoms with Crippen molar-refractivity contribution in [1.29, 1.82) is 0 Å². The average molecular weight is 257 g/mol. The number of pyridine rings is 1. The molecule has 0 atom stereocenters. The normalized spacial score (nSPS) is 10.2. The second kappa shape index (κ2) is 5.39. The number of rotatable bonds is 4. The highest BCUT2D eigenvalue weighted by molar-refractivity contribution is 5.89. The van der Waals surface area contributed by atoms with Crippen LogP contribution < -0.4 is 10.6 Å². The van der Waals surface area contributed by atoms with Gasteiger partial charge in [0.1, 0.15) is 0 Å². The first-order valence-corrected chi connectivity index (χ1v) is 5.95. The Kier molecular flexibility index (Phi) is 3.66. The van der Waals surface area contributed by atoms with Crippen LogP contribution in [0.3, 0.4) is 0 Å². The van der Waals surface area contributed by atoms with Crippen LogP contribution in [-0.4, -0.2) is 22.6 Å². The first-order valence-electron chi connectivity index (χ1n) is 5.95. The molecule has 2 rings (SSSR count). The molecule has 0 bridgehead atoms. The van der Waals surface area contributed by atoms with Gasteiger partial charge in [0.05, 0.1) is 11.3 Å². The van der Waals surface area contributed by atoms with Crippen LogP contribution in [0.5, 0.6) is 0 Å². The lowest BCUT2D eigenvalue weighted by molar-refractivity contribution is 0.0696. The zero-order valence-corrected chi connectivity index (χ0v) is 10.6. The number of para-hydroxylation sites is 1. The summed E-state index contributed by atoms with van der Waals surface area (Å²) >= 11 is 0.